The third-order valence-corrected chi connectivity index (χ3v) is 2.51. The van der Waals surface area contributed by atoms with Crippen molar-refractivity contribution in [2.75, 3.05) is 20.6 Å². The summed E-state index contributed by atoms with van der Waals surface area (Å²) in [5, 5.41) is 14.2. The monoisotopic (exact) mass is 280 g/mol. The van der Waals surface area contributed by atoms with E-state index in [0.29, 0.717) is 6.54 Å². The average molecular weight is 280 g/mol. The van der Waals surface area contributed by atoms with Gasteiger partial charge in [-0.05, 0) is 32.6 Å². The summed E-state index contributed by atoms with van der Waals surface area (Å²) in [5.74, 6) is -1.07. The lowest BCUT2D eigenvalue weighted by Gasteiger charge is -2.18. The van der Waals surface area contributed by atoms with Crippen LogP contribution in [0, 0.1) is 0 Å². The Hall–Kier alpha value is -2.15. The normalized spacial score (nSPS) is 12.0. The van der Waals surface area contributed by atoms with Gasteiger partial charge in [0.1, 0.15) is 5.69 Å². The Morgan fingerprint density at radius 2 is 2.10 bits per heavy atom. The maximum atomic E-state index is 11.6. The van der Waals surface area contributed by atoms with Crippen LogP contribution in [-0.2, 0) is 6.54 Å². The van der Waals surface area contributed by atoms with Gasteiger partial charge in [0, 0.05) is 25.3 Å². The summed E-state index contributed by atoms with van der Waals surface area (Å²) in [4.78, 5) is 28.0. The van der Waals surface area contributed by atoms with Gasteiger partial charge in [-0.3, -0.25) is 0 Å². The molecule has 0 saturated heterocycles. The lowest BCUT2D eigenvalue weighted by Crippen LogP contribution is -2.44. The number of hydrogen-bond donors (Lipinski definition) is 3. The molecule has 0 radical (unpaired) electrons. The van der Waals surface area contributed by atoms with Gasteiger partial charge in [-0.2, -0.15) is 0 Å². The standard InChI is InChI=1S/C13H20N4O3/c1-9(8-17(2)3)16-13(20)15-7-10-4-5-11(12(18)19)14-6-10/h4-6,9H,7-8H2,1-3H3,(H,18,19)(H2,15,16,20). The number of nitrogens with zero attached hydrogens (tertiary/aromatic N) is 2. The van der Waals surface area contributed by atoms with E-state index in [1.54, 1.807) is 6.07 Å². The summed E-state index contributed by atoms with van der Waals surface area (Å²) in [6, 6.07) is 2.81. The highest BCUT2D eigenvalue weighted by atomic mass is 16.4. The molecule has 20 heavy (non-hydrogen) atoms. The molecule has 0 bridgehead atoms. The highest BCUT2D eigenvalue weighted by molar-refractivity contribution is 5.85. The van der Waals surface area contributed by atoms with Crippen molar-refractivity contribution in [3.05, 3.63) is 29.6 Å². The van der Waals surface area contributed by atoms with Crippen LogP contribution in [0.1, 0.15) is 23.0 Å². The second-order valence-electron chi connectivity index (χ2n) is 4.85. The zero-order chi connectivity index (χ0) is 15.1. The molecule has 0 aromatic carbocycles. The highest BCUT2D eigenvalue weighted by Gasteiger charge is 2.08. The molecule has 1 aromatic heterocycles. The van der Waals surface area contributed by atoms with Gasteiger partial charge in [0.15, 0.2) is 0 Å². The Kier molecular flexibility index (Phi) is 5.92. The summed E-state index contributed by atoms with van der Waals surface area (Å²) in [5.41, 5.74) is 0.725. The van der Waals surface area contributed by atoms with E-state index in [1.807, 2.05) is 25.9 Å². The summed E-state index contributed by atoms with van der Waals surface area (Å²) < 4.78 is 0. The van der Waals surface area contributed by atoms with Gasteiger partial charge in [-0.15, -0.1) is 0 Å². The van der Waals surface area contributed by atoms with Crippen LogP contribution in [0.25, 0.3) is 0 Å². The van der Waals surface area contributed by atoms with Crippen LogP contribution < -0.4 is 10.6 Å². The number of rotatable bonds is 6. The molecular formula is C13H20N4O3. The van der Waals surface area contributed by atoms with Crippen molar-refractivity contribution < 1.29 is 14.7 Å². The molecule has 1 unspecified atom stereocenters. The first kappa shape index (κ1) is 15.9. The van der Waals surface area contributed by atoms with Gasteiger partial charge in [0.05, 0.1) is 0 Å². The van der Waals surface area contributed by atoms with Crippen molar-refractivity contribution in [1.29, 1.82) is 0 Å². The maximum absolute atomic E-state index is 11.6. The Labute approximate surface area is 118 Å². The highest BCUT2D eigenvalue weighted by Crippen LogP contribution is 2.00. The second kappa shape index (κ2) is 7.44. The smallest absolute Gasteiger partial charge is 0.354 e. The SMILES string of the molecule is CC(CN(C)C)NC(=O)NCc1ccc(C(=O)O)nc1. The van der Waals surface area contributed by atoms with Crippen LogP contribution in [-0.4, -0.2) is 53.7 Å². The van der Waals surface area contributed by atoms with E-state index in [4.69, 9.17) is 5.11 Å². The molecule has 3 N–H and O–H groups in total. The van der Waals surface area contributed by atoms with Gasteiger partial charge >= 0.3 is 12.0 Å². The molecule has 0 saturated carbocycles. The van der Waals surface area contributed by atoms with Crippen molar-refractivity contribution in [2.24, 2.45) is 0 Å². The summed E-state index contributed by atoms with van der Waals surface area (Å²) >= 11 is 0. The molecule has 7 heteroatoms. The zero-order valence-corrected chi connectivity index (χ0v) is 11.9. The Bertz CT molecular complexity index is 459. The van der Waals surface area contributed by atoms with Crippen LogP contribution in [0.4, 0.5) is 4.79 Å². The number of carbonyl (C=O) groups is 2. The van der Waals surface area contributed by atoms with Crippen molar-refractivity contribution in [3.8, 4) is 0 Å². The predicted octanol–water partition coefficient (Wildman–Crippen LogP) is 0.529. The van der Waals surface area contributed by atoms with E-state index in [0.717, 1.165) is 12.1 Å². The molecule has 0 fully saturated rings. The van der Waals surface area contributed by atoms with E-state index in [9.17, 15) is 9.59 Å². The summed E-state index contributed by atoms with van der Waals surface area (Å²) in [6.07, 6.45) is 1.44. The number of amides is 2. The number of pyridine rings is 1. The van der Waals surface area contributed by atoms with Crippen molar-refractivity contribution in [1.82, 2.24) is 20.5 Å². The molecule has 0 spiro atoms. The molecule has 110 valence electrons. The fraction of sp³-hybridized carbons (Fsp3) is 0.462. The molecule has 7 nitrogen and oxygen atoms in total. The zero-order valence-electron chi connectivity index (χ0n) is 11.9. The van der Waals surface area contributed by atoms with E-state index >= 15 is 0 Å². The van der Waals surface area contributed by atoms with Crippen LogP contribution in [0.15, 0.2) is 18.3 Å². The molecule has 1 rings (SSSR count). The van der Waals surface area contributed by atoms with Crippen molar-refractivity contribution in [2.45, 2.75) is 19.5 Å². The topological polar surface area (TPSA) is 94.6 Å². The Morgan fingerprint density at radius 1 is 1.40 bits per heavy atom. The number of urea groups is 1. The number of aromatic carboxylic acids is 1. The van der Waals surface area contributed by atoms with Crippen molar-refractivity contribution >= 4 is 12.0 Å². The third-order valence-electron chi connectivity index (χ3n) is 2.51. The Morgan fingerprint density at radius 3 is 2.60 bits per heavy atom. The minimum atomic E-state index is -1.07. The Balaban J connectivity index is 2.39. The number of nitrogens with one attached hydrogen (secondary N) is 2. The van der Waals surface area contributed by atoms with Crippen LogP contribution in [0.3, 0.4) is 0 Å². The first-order chi connectivity index (χ1) is 9.38. The number of hydrogen-bond acceptors (Lipinski definition) is 4. The van der Waals surface area contributed by atoms with Crippen LogP contribution >= 0.6 is 0 Å². The van der Waals surface area contributed by atoms with Crippen molar-refractivity contribution in [3.63, 3.8) is 0 Å². The van der Waals surface area contributed by atoms with Crippen LogP contribution in [0.2, 0.25) is 0 Å². The minimum Gasteiger partial charge on any atom is -0.477 e. The fourth-order valence-corrected chi connectivity index (χ4v) is 1.71. The number of carboxylic acid groups (broad SMARTS) is 1. The number of likely N-dealkylation sites (N-methyl/N-ethyl adjacent to an activating group) is 1. The molecule has 2 amide bonds. The molecule has 0 aliphatic rings. The van der Waals surface area contributed by atoms with Gasteiger partial charge in [0.25, 0.3) is 0 Å². The van der Waals surface area contributed by atoms with E-state index in [-0.39, 0.29) is 17.8 Å². The molecule has 0 aliphatic heterocycles. The van der Waals surface area contributed by atoms with Gasteiger partial charge in [-0.25, -0.2) is 14.6 Å². The first-order valence-electron chi connectivity index (χ1n) is 6.26. The molecular weight excluding hydrogens is 260 g/mol. The first-order valence-corrected chi connectivity index (χ1v) is 6.26. The number of carboxylic acids is 1. The molecule has 1 atom stereocenters. The van der Waals surface area contributed by atoms with E-state index in [2.05, 4.69) is 15.6 Å². The lowest BCUT2D eigenvalue weighted by molar-refractivity contribution is 0.0690. The average Bonchev–Trinajstić information content (AvgIpc) is 2.35. The van der Waals surface area contributed by atoms with Gasteiger partial charge < -0.3 is 20.6 Å². The minimum absolute atomic E-state index is 0.0159. The lowest BCUT2D eigenvalue weighted by atomic mass is 10.2. The number of aromatic nitrogens is 1. The molecule has 1 aromatic rings. The van der Waals surface area contributed by atoms with Gasteiger partial charge in [0.2, 0.25) is 0 Å². The third kappa shape index (κ3) is 5.66. The predicted molar refractivity (Wildman–Crippen MR) is 74.6 cm³/mol. The maximum Gasteiger partial charge on any atom is 0.354 e. The summed E-state index contributed by atoms with van der Waals surface area (Å²) in [7, 11) is 3.87. The molecule has 0 aliphatic carbocycles. The van der Waals surface area contributed by atoms with Gasteiger partial charge in [-0.1, -0.05) is 6.07 Å². The second-order valence-corrected chi connectivity index (χ2v) is 4.85. The fourth-order valence-electron chi connectivity index (χ4n) is 1.71. The number of carbonyl (C=O) groups excluding carboxylic acids is 1. The summed E-state index contributed by atoms with van der Waals surface area (Å²) in [6.45, 7) is 2.97. The van der Waals surface area contributed by atoms with E-state index < -0.39 is 5.97 Å². The van der Waals surface area contributed by atoms with E-state index in [1.165, 1.54) is 12.3 Å². The van der Waals surface area contributed by atoms with Crippen LogP contribution in [0.5, 0.6) is 0 Å². The molecule has 1 heterocycles. The quantitative estimate of drug-likeness (QED) is 0.706. The largest absolute Gasteiger partial charge is 0.477 e.